The maximum absolute atomic E-state index is 12.7. The van der Waals surface area contributed by atoms with E-state index in [1.165, 1.54) is 11.3 Å². The third kappa shape index (κ3) is 5.46. The summed E-state index contributed by atoms with van der Waals surface area (Å²) in [5.74, 6) is -0.207. The van der Waals surface area contributed by atoms with Gasteiger partial charge in [0.05, 0.1) is 18.2 Å². The average Bonchev–Trinajstić information content (AvgIpc) is 3.07. The smallest absolute Gasteiger partial charge is 0.410 e. The van der Waals surface area contributed by atoms with Crippen molar-refractivity contribution in [3.63, 3.8) is 0 Å². The van der Waals surface area contributed by atoms with E-state index in [1.807, 2.05) is 27.7 Å². The maximum atomic E-state index is 12.7. The first-order chi connectivity index (χ1) is 13.7. The van der Waals surface area contributed by atoms with Gasteiger partial charge in [0.15, 0.2) is 5.13 Å². The van der Waals surface area contributed by atoms with E-state index >= 15 is 0 Å². The molecule has 0 spiro atoms. The van der Waals surface area contributed by atoms with Gasteiger partial charge >= 0.3 is 6.09 Å². The molecule has 3 amide bonds. The fourth-order valence-electron chi connectivity index (χ4n) is 3.58. The number of aromatic nitrogens is 1. The van der Waals surface area contributed by atoms with Crippen molar-refractivity contribution in [2.24, 2.45) is 5.92 Å². The van der Waals surface area contributed by atoms with Crippen molar-refractivity contribution in [1.29, 1.82) is 0 Å². The predicted molar refractivity (Wildman–Crippen MR) is 111 cm³/mol. The number of nitrogens with one attached hydrogen (secondary N) is 1. The molecule has 0 saturated carbocycles. The van der Waals surface area contributed by atoms with Crippen molar-refractivity contribution >= 4 is 34.4 Å². The van der Waals surface area contributed by atoms with Crippen LogP contribution in [-0.2, 0) is 27.3 Å². The first-order valence-corrected chi connectivity index (χ1v) is 11.0. The summed E-state index contributed by atoms with van der Waals surface area (Å²) in [4.78, 5) is 45.9. The Balaban J connectivity index is 1.59. The van der Waals surface area contributed by atoms with Crippen molar-refractivity contribution in [3.8, 4) is 0 Å². The van der Waals surface area contributed by atoms with E-state index in [2.05, 4.69) is 10.3 Å². The Hall–Kier alpha value is -2.16. The van der Waals surface area contributed by atoms with Gasteiger partial charge in [-0.15, -0.1) is 0 Å². The van der Waals surface area contributed by atoms with Gasteiger partial charge in [0.2, 0.25) is 11.8 Å². The molecule has 0 aromatic carbocycles. The Morgan fingerprint density at radius 2 is 2.00 bits per heavy atom. The van der Waals surface area contributed by atoms with Crippen molar-refractivity contribution in [2.75, 3.05) is 25.0 Å². The van der Waals surface area contributed by atoms with Crippen molar-refractivity contribution in [2.45, 2.75) is 65.5 Å². The molecule has 160 valence electrons. The highest BCUT2D eigenvalue weighted by Gasteiger charge is 2.30. The van der Waals surface area contributed by atoms with Crippen LogP contribution in [0.1, 0.15) is 57.5 Å². The molecule has 29 heavy (non-hydrogen) atoms. The van der Waals surface area contributed by atoms with Crippen LogP contribution in [0, 0.1) is 5.92 Å². The Bertz CT molecular complexity index is 786. The van der Waals surface area contributed by atoms with Gasteiger partial charge in [0.25, 0.3) is 0 Å². The monoisotopic (exact) mass is 422 g/mol. The third-order valence-electron chi connectivity index (χ3n) is 5.06. The minimum atomic E-state index is -0.531. The Kier molecular flexibility index (Phi) is 6.45. The van der Waals surface area contributed by atoms with Crippen LogP contribution in [0.4, 0.5) is 9.93 Å². The molecule has 0 radical (unpaired) electrons. The van der Waals surface area contributed by atoms with Gasteiger partial charge in [0.1, 0.15) is 5.60 Å². The lowest BCUT2D eigenvalue weighted by Crippen LogP contribution is -2.43. The first kappa shape index (κ1) is 21.5. The highest BCUT2D eigenvalue weighted by molar-refractivity contribution is 7.15. The quantitative estimate of drug-likeness (QED) is 0.808. The Labute approximate surface area is 175 Å². The second-order valence-corrected chi connectivity index (χ2v) is 9.65. The summed E-state index contributed by atoms with van der Waals surface area (Å²) < 4.78 is 5.45. The summed E-state index contributed by atoms with van der Waals surface area (Å²) in [6.07, 6.45) is 2.38. The van der Waals surface area contributed by atoms with E-state index in [4.69, 9.17) is 4.74 Å². The molecule has 1 atom stereocenters. The van der Waals surface area contributed by atoms with Crippen molar-refractivity contribution in [1.82, 2.24) is 14.8 Å². The van der Waals surface area contributed by atoms with E-state index in [-0.39, 0.29) is 23.8 Å². The topological polar surface area (TPSA) is 91.8 Å². The normalized spacial score (nSPS) is 19.5. The van der Waals surface area contributed by atoms with Crippen LogP contribution in [-0.4, -0.2) is 57.9 Å². The summed E-state index contributed by atoms with van der Waals surface area (Å²) in [5.41, 5.74) is 0.397. The van der Waals surface area contributed by atoms with Crippen LogP contribution in [0.3, 0.4) is 0 Å². The molecule has 2 aliphatic heterocycles. The number of likely N-dealkylation sites (tertiary alicyclic amines) is 1. The fourth-order valence-corrected chi connectivity index (χ4v) is 4.61. The van der Waals surface area contributed by atoms with Gasteiger partial charge in [-0.3, -0.25) is 9.59 Å². The van der Waals surface area contributed by atoms with Crippen molar-refractivity contribution in [3.05, 3.63) is 10.6 Å². The summed E-state index contributed by atoms with van der Waals surface area (Å²) in [6, 6.07) is 0. The number of ether oxygens (including phenoxy) is 1. The highest BCUT2D eigenvalue weighted by Crippen LogP contribution is 2.30. The van der Waals surface area contributed by atoms with Gasteiger partial charge in [-0.2, -0.15) is 0 Å². The molecule has 1 aromatic heterocycles. The van der Waals surface area contributed by atoms with E-state index in [9.17, 15) is 14.4 Å². The SMILES string of the molecule is CCC(=O)N1CCCC(C(=O)Nc2nc3c(s2)CN(C(=O)OC(C)(C)C)CC3)C1. The number of thiazole rings is 1. The summed E-state index contributed by atoms with van der Waals surface area (Å²) in [5, 5.41) is 3.48. The lowest BCUT2D eigenvalue weighted by atomic mass is 9.97. The lowest BCUT2D eigenvalue weighted by Gasteiger charge is -2.31. The minimum absolute atomic E-state index is 0.0892. The number of hydrogen-bond acceptors (Lipinski definition) is 6. The highest BCUT2D eigenvalue weighted by atomic mass is 32.1. The van der Waals surface area contributed by atoms with Crippen molar-refractivity contribution < 1.29 is 19.1 Å². The minimum Gasteiger partial charge on any atom is -0.444 e. The zero-order valence-electron chi connectivity index (χ0n) is 17.6. The first-order valence-electron chi connectivity index (χ1n) is 10.2. The van der Waals surface area contributed by atoms with Gasteiger partial charge < -0.3 is 19.9 Å². The zero-order chi connectivity index (χ0) is 21.2. The molecular formula is C20H30N4O4S. The van der Waals surface area contributed by atoms with Crippen LogP contribution >= 0.6 is 11.3 Å². The second-order valence-electron chi connectivity index (χ2n) is 8.56. The molecule has 9 heteroatoms. The molecule has 1 aromatic rings. The number of anilines is 1. The molecule has 1 unspecified atom stereocenters. The number of amides is 3. The van der Waals surface area contributed by atoms with Crippen LogP contribution in [0.25, 0.3) is 0 Å². The number of piperidine rings is 1. The summed E-state index contributed by atoms with van der Waals surface area (Å²) in [7, 11) is 0. The van der Waals surface area contributed by atoms with Crippen LogP contribution < -0.4 is 5.32 Å². The van der Waals surface area contributed by atoms with Crippen LogP contribution in [0.15, 0.2) is 0 Å². The zero-order valence-corrected chi connectivity index (χ0v) is 18.4. The Morgan fingerprint density at radius 1 is 1.24 bits per heavy atom. The molecule has 3 rings (SSSR count). The number of nitrogens with zero attached hydrogens (tertiary/aromatic N) is 3. The van der Waals surface area contributed by atoms with E-state index in [0.717, 1.165) is 30.0 Å². The molecule has 8 nitrogen and oxygen atoms in total. The molecule has 1 fully saturated rings. The van der Waals surface area contributed by atoms with E-state index in [1.54, 1.807) is 9.80 Å². The van der Waals surface area contributed by atoms with E-state index in [0.29, 0.717) is 37.6 Å². The third-order valence-corrected chi connectivity index (χ3v) is 6.06. The van der Waals surface area contributed by atoms with Crippen LogP contribution in [0.5, 0.6) is 0 Å². The number of fused-ring (bicyclic) bond motifs is 1. The number of rotatable bonds is 3. The molecule has 1 saturated heterocycles. The van der Waals surface area contributed by atoms with Gasteiger partial charge in [0, 0.05) is 37.4 Å². The number of hydrogen-bond donors (Lipinski definition) is 1. The Morgan fingerprint density at radius 3 is 2.69 bits per heavy atom. The second kappa shape index (κ2) is 8.69. The van der Waals surface area contributed by atoms with Gasteiger partial charge in [-0.1, -0.05) is 18.3 Å². The predicted octanol–water partition coefficient (Wildman–Crippen LogP) is 3.02. The number of carbonyl (C=O) groups excluding carboxylic acids is 3. The summed E-state index contributed by atoms with van der Waals surface area (Å²) >= 11 is 1.41. The van der Waals surface area contributed by atoms with Crippen LogP contribution in [0.2, 0.25) is 0 Å². The lowest BCUT2D eigenvalue weighted by molar-refractivity contribution is -0.134. The molecule has 2 aliphatic rings. The fraction of sp³-hybridized carbons (Fsp3) is 0.700. The molecule has 1 N–H and O–H groups in total. The molecular weight excluding hydrogens is 392 g/mol. The van der Waals surface area contributed by atoms with E-state index < -0.39 is 5.60 Å². The number of carbonyl (C=O) groups is 3. The maximum Gasteiger partial charge on any atom is 0.410 e. The van der Waals surface area contributed by atoms with Gasteiger partial charge in [-0.05, 0) is 33.6 Å². The molecule has 0 aliphatic carbocycles. The summed E-state index contributed by atoms with van der Waals surface area (Å²) in [6.45, 7) is 9.57. The average molecular weight is 423 g/mol. The standard InChI is InChI=1S/C20H30N4O4S/c1-5-16(25)23-9-6-7-13(11-23)17(26)22-18-21-14-8-10-24(12-15(14)29-18)19(27)28-20(2,3)4/h13H,5-12H2,1-4H3,(H,21,22,26). The largest absolute Gasteiger partial charge is 0.444 e. The molecule has 3 heterocycles. The van der Waals surface area contributed by atoms with Gasteiger partial charge in [-0.25, -0.2) is 9.78 Å². The molecule has 0 bridgehead atoms.